The molecule has 1 aromatic heterocycles. The van der Waals surface area contributed by atoms with Crippen molar-refractivity contribution in [2.24, 2.45) is 0 Å². The third-order valence-corrected chi connectivity index (χ3v) is 5.22. The molecule has 0 saturated carbocycles. The fraction of sp³-hybridized carbons (Fsp3) is 0.375. The van der Waals surface area contributed by atoms with Crippen molar-refractivity contribution in [3.63, 3.8) is 0 Å². The van der Waals surface area contributed by atoms with E-state index in [2.05, 4.69) is 12.0 Å². The van der Waals surface area contributed by atoms with Gasteiger partial charge in [0.25, 0.3) is 0 Å². The van der Waals surface area contributed by atoms with Crippen molar-refractivity contribution < 1.29 is 35.7 Å². The summed E-state index contributed by atoms with van der Waals surface area (Å²) in [6, 6.07) is 2.19. The number of nitrogen functional groups attached to an aromatic ring is 1. The van der Waals surface area contributed by atoms with E-state index in [0.717, 1.165) is 12.8 Å². The average molecular weight is 511 g/mol. The molecular weight excluding hydrogens is 497 g/mol. The predicted molar refractivity (Wildman–Crippen MR) is 102 cm³/mol. The van der Waals surface area contributed by atoms with E-state index in [1.807, 2.05) is 0 Å². The minimum Gasteiger partial charge on any atom is -0.396 e. The van der Waals surface area contributed by atoms with Crippen LogP contribution in [-0.2, 0) is 17.0 Å². The van der Waals surface area contributed by atoms with E-state index in [0.29, 0.717) is 23.4 Å². The van der Waals surface area contributed by atoms with Gasteiger partial charge >= 0.3 is 11.7 Å². The molecule has 0 aliphatic heterocycles. The van der Waals surface area contributed by atoms with Crippen molar-refractivity contribution >= 4 is 39.8 Å². The highest BCUT2D eigenvalue weighted by atomic mass is 35.5. The Kier molecular flexibility index (Phi) is 9.19. The van der Waals surface area contributed by atoms with Crippen LogP contribution in [0.5, 0.6) is 0 Å². The normalized spacial score (nSPS) is 12.7. The van der Waals surface area contributed by atoms with Gasteiger partial charge in [-0.1, -0.05) is 36.5 Å². The maximum Gasteiger partial charge on any atom is 0.476 e. The molecule has 1 heterocycles. The summed E-state index contributed by atoms with van der Waals surface area (Å²) in [6.45, 7) is 2.40. The van der Waals surface area contributed by atoms with Crippen LogP contribution < -0.4 is 5.73 Å². The van der Waals surface area contributed by atoms with E-state index in [4.69, 9.17) is 39.3 Å². The number of nitrogens with zero attached hydrogens (tertiary/aromatic N) is 3. The number of aliphatic hydroxyl groups excluding tert-OH is 1. The SMILES string of the molecule is CCCCO.N#Cc1nn(-c2c(Cl)cc(C(F)(F)F)cc2Cl)c(N)c1S(=O)C(F)(F)F. The molecule has 0 aliphatic rings. The first kappa shape index (κ1) is 27.0. The van der Waals surface area contributed by atoms with Gasteiger partial charge in [-0.25, -0.2) is 8.89 Å². The molecule has 15 heteroatoms. The van der Waals surface area contributed by atoms with Crippen LogP contribution in [0.1, 0.15) is 31.0 Å². The Morgan fingerprint density at radius 1 is 1.23 bits per heavy atom. The highest BCUT2D eigenvalue weighted by molar-refractivity contribution is 7.86. The van der Waals surface area contributed by atoms with Gasteiger partial charge in [-0.15, -0.1) is 0 Å². The van der Waals surface area contributed by atoms with Crippen LogP contribution >= 0.6 is 23.2 Å². The van der Waals surface area contributed by atoms with E-state index in [9.17, 15) is 30.6 Å². The second-order valence-corrected chi connectivity index (χ2v) is 7.89. The summed E-state index contributed by atoms with van der Waals surface area (Å²) in [6.07, 6.45) is -2.75. The zero-order valence-electron chi connectivity index (χ0n) is 15.5. The second kappa shape index (κ2) is 10.5. The Bertz CT molecular complexity index is 977. The zero-order valence-corrected chi connectivity index (χ0v) is 17.8. The molecular formula is C16H14Cl2F6N4O2S. The number of aromatic nitrogens is 2. The molecule has 0 amide bonds. The van der Waals surface area contributed by atoms with Crippen LogP contribution in [0.25, 0.3) is 5.69 Å². The van der Waals surface area contributed by atoms with Crippen LogP contribution in [-0.4, -0.2) is 31.2 Å². The number of unbranched alkanes of at least 4 members (excludes halogenated alkanes) is 1. The molecule has 2 rings (SSSR count). The van der Waals surface area contributed by atoms with Crippen LogP contribution in [0.4, 0.5) is 32.2 Å². The number of aliphatic hydroxyl groups is 1. The van der Waals surface area contributed by atoms with E-state index >= 15 is 0 Å². The third-order valence-electron chi connectivity index (χ3n) is 3.45. The molecule has 0 saturated heterocycles. The number of rotatable bonds is 4. The molecule has 0 aliphatic carbocycles. The summed E-state index contributed by atoms with van der Waals surface area (Å²) < 4.78 is 88.4. The van der Waals surface area contributed by atoms with Gasteiger partial charge in [-0.2, -0.15) is 36.7 Å². The maximum absolute atomic E-state index is 12.7. The Balaban J connectivity index is 0.000000861. The van der Waals surface area contributed by atoms with Gasteiger partial charge in [0, 0.05) is 6.61 Å². The van der Waals surface area contributed by atoms with E-state index < -0.39 is 60.2 Å². The van der Waals surface area contributed by atoms with E-state index in [-0.39, 0.29) is 0 Å². The van der Waals surface area contributed by atoms with Gasteiger partial charge in [0.15, 0.2) is 16.5 Å². The molecule has 0 radical (unpaired) electrons. The van der Waals surface area contributed by atoms with Crippen molar-refractivity contribution in [1.82, 2.24) is 9.78 Å². The van der Waals surface area contributed by atoms with Crippen LogP contribution in [0, 0.1) is 11.3 Å². The summed E-state index contributed by atoms with van der Waals surface area (Å²) in [5, 5.41) is 19.1. The first-order valence-corrected chi connectivity index (χ1v) is 10.1. The lowest BCUT2D eigenvalue weighted by Crippen LogP contribution is -2.18. The monoisotopic (exact) mass is 510 g/mol. The largest absolute Gasteiger partial charge is 0.476 e. The topological polar surface area (TPSA) is 105 Å². The Hall–Kier alpha value is -2.01. The number of hydrogen-bond acceptors (Lipinski definition) is 5. The lowest BCUT2D eigenvalue weighted by molar-refractivity contribution is -0.137. The lowest BCUT2D eigenvalue weighted by Gasteiger charge is -2.13. The Morgan fingerprint density at radius 3 is 2.06 bits per heavy atom. The van der Waals surface area contributed by atoms with Gasteiger partial charge in [0.05, 0.1) is 15.6 Å². The van der Waals surface area contributed by atoms with Crippen LogP contribution in [0.3, 0.4) is 0 Å². The minimum atomic E-state index is -5.25. The number of anilines is 1. The molecule has 0 bridgehead atoms. The van der Waals surface area contributed by atoms with Crippen molar-refractivity contribution in [2.75, 3.05) is 12.3 Å². The van der Waals surface area contributed by atoms with Crippen molar-refractivity contribution in [2.45, 2.75) is 36.3 Å². The van der Waals surface area contributed by atoms with E-state index in [1.54, 1.807) is 0 Å². The molecule has 2 aromatic rings. The van der Waals surface area contributed by atoms with Gasteiger partial charge in [0.2, 0.25) is 0 Å². The molecule has 1 aromatic carbocycles. The van der Waals surface area contributed by atoms with Crippen LogP contribution in [0.15, 0.2) is 17.0 Å². The minimum absolute atomic E-state index is 0.344. The van der Waals surface area contributed by atoms with Gasteiger partial charge < -0.3 is 10.8 Å². The first-order chi connectivity index (χ1) is 14.2. The fourth-order valence-corrected chi connectivity index (χ4v) is 3.47. The number of nitrogens with two attached hydrogens (primary N) is 1. The smallest absolute Gasteiger partial charge is 0.396 e. The molecule has 0 spiro atoms. The second-order valence-electron chi connectivity index (χ2n) is 5.66. The molecule has 6 nitrogen and oxygen atoms in total. The zero-order chi connectivity index (χ0) is 24.1. The molecule has 1 atom stereocenters. The van der Waals surface area contributed by atoms with Gasteiger partial charge in [-0.3, -0.25) is 0 Å². The average Bonchev–Trinajstić information content (AvgIpc) is 2.96. The summed E-state index contributed by atoms with van der Waals surface area (Å²) in [7, 11) is -3.71. The third kappa shape index (κ3) is 6.49. The maximum atomic E-state index is 12.7. The van der Waals surface area contributed by atoms with E-state index in [1.165, 1.54) is 6.07 Å². The van der Waals surface area contributed by atoms with Crippen molar-refractivity contribution in [1.29, 1.82) is 5.26 Å². The molecule has 31 heavy (non-hydrogen) atoms. The van der Waals surface area contributed by atoms with Crippen molar-refractivity contribution in [3.8, 4) is 11.8 Å². The van der Waals surface area contributed by atoms with Gasteiger partial charge in [0.1, 0.15) is 22.5 Å². The molecule has 3 N–H and O–H groups in total. The van der Waals surface area contributed by atoms with Crippen LogP contribution in [0.2, 0.25) is 10.0 Å². The highest BCUT2D eigenvalue weighted by Crippen LogP contribution is 2.40. The summed E-state index contributed by atoms with van der Waals surface area (Å²) in [5.74, 6) is -0.902. The predicted octanol–water partition coefficient (Wildman–Crippen LogP) is 5.06. The number of hydrogen-bond donors (Lipinski definition) is 2. The van der Waals surface area contributed by atoms with Gasteiger partial charge in [-0.05, 0) is 18.6 Å². The van der Waals surface area contributed by atoms with Crippen molar-refractivity contribution in [3.05, 3.63) is 33.4 Å². The molecule has 0 fully saturated rings. The quantitative estimate of drug-likeness (QED) is 0.559. The molecule has 1 unspecified atom stereocenters. The standard InChI is InChI=1S/C12H4Cl2F6N4OS.C4H10O/c13-5-1-4(11(15,16)17)2-6(14)8(5)24-10(22)9(7(3-21)23-24)26(25)12(18,19)20;1-2-3-4-5/h1-2H,22H2;5H,2-4H2,1H3. The lowest BCUT2D eigenvalue weighted by atomic mass is 10.2. The summed E-state index contributed by atoms with van der Waals surface area (Å²) >= 11 is 11.5. The number of halogens is 8. The first-order valence-electron chi connectivity index (χ1n) is 8.15. The summed E-state index contributed by atoms with van der Waals surface area (Å²) in [4.78, 5) is -1.15. The number of alkyl halides is 6. The molecule has 172 valence electrons. The fourth-order valence-electron chi connectivity index (χ4n) is 2.05. The Morgan fingerprint density at radius 2 is 1.74 bits per heavy atom. The summed E-state index contributed by atoms with van der Waals surface area (Å²) in [5.41, 5.74) is -2.42. The highest BCUT2D eigenvalue weighted by Gasteiger charge is 2.42. The number of nitriles is 1. The number of benzene rings is 1. The Labute approximate surface area is 184 Å².